The van der Waals surface area contributed by atoms with Gasteiger partial charge in [0.25, 0.3) is 5.91 Å². The molecule has 1 saturated heterocycles. The van der Waals surface area contributed by atoms with E-state index in [9.17, 15) is 18.0 Å². The lowest BCUT2D eigenvalue weighted by molar-refractivity contribution is -0.117. The highest BCUT2D eigenvalue weighted by atomic mass is 79.9. The van der Waals surface area contributed by atoms with Crippen LogP contribution in [-0.2, 0) is 14.8 Å². The lowest BCUT2D eigenvalue weighted by atomic mass is 10.0. The number of amides is 2. The van der Waals surface area contributed by atoms with Crippen LogP contribution in [0.1, 0.15) is 46.1 Å². The van der Waals surface area contributed by atoms with E-state index in [1.165, 1.54) is 39.9 Å². The van der Waals surface area contributed by atoms with E-state index in [-0.39, 0.29) is 23.3 Å². The number of benzene rings is 2. The van der Waals surface area contributed by atoms with E-state index in [1.807, 2.05) is 35.7 Å². The van der Waals surface area contributed by atoms with Crippen LogP contribution >= 0.6 is 27.3 Å². The molecule has 1 fully saturated rings. The van der Waals surface area contributed by atoms with Crippen molar-refractivity contribution >= 4 is 54.8 Å². The number of sulfonamides is 1. The Labute approximate surface area is 216 Å². The lowest BCUT2D eigenvalue weighted by Crippen LogP contribution is -2.38. The van der Waals surface area contributed by atoms with Gasteiger partial charge in [0.15, 0.2) is 0 Å². The summed E-state index contributed by atoms with van der Waals surface area (Å²) in [6.07, 6.45) is 2.75. The average molecular weight is 575 g/mol. The molecule has 0 bridgehead atoms. The first kappa shape index (κ1) is 24.2. The SMILES string of the molecule is O=C1CN(C(=O)c2ccc(S(=O)(=O)N3CCCCC3)cc2)C(c2cccs2)c2cc(Br)ccc2N1. The van der Waals surface area contributed by atoms with Gasteiger partial charge in [-0.15, -0.1) is 11.3 Å². The second-order valence-corrected chi connectivity index (χ2v) is 12.5. The Morgan fingerprint density at radius 3 is 2.46 bits per heavy atom. The van der Waals surface area contributed by atoms with Crippen LogP contribution in [0.15, 0.2) is 69.3 Å². The first-order chi connectivity index (χ1) is 16.8. The molecule has 1 aromatic heterocycles. The summed E-state index contributed by atoms with van der Waals surface area (Å²) in [5, 5.41) is 4.85. The molecule has 0 aliphatic carbocycles. The van der Waals surface area contributed by atoms with Crippen LogP contribution in [0.25, 0.3) is 0 Å². The number of nitrogens with one attached hydrogen (secondary N) is 1. The van der Waals surface area contributed by atoms with Crippen molar-refractivity contribution in [1.82, 2.24) is 9.21 Å². The maximum Gasteiger partial charge on any atom is 0.255 e. The zero-order valence-corrected chi connectivity index (χ0v) is 22.0. The third-order valence-electron chi connectivity index (χ3n) is 6.34. The van der Waals surface area contributed by atoms with Gasteiger partial charge in [-0.05, 0) is 66.8 Å². The van der Waals surface area contributed by atoms with Crippen LogP contribution in [0, 0.1) is 0 Å². The van der Waals surface area contributed by atoms with Gasteiger partial charge in [0, 0.05) is 39.3 Å². The zero-order chi connectivity index (χ0) is 24.6. The summed E-state index contributed by atoms with van der Waals surface area (Å²) < 4.78 is 28.4. The molecule has 7 nitrogen and oxygen atoms in total. The molecule has 1 unspecified atom stereocenters. The lowest BCUT2D eigenvalue weighted by Gasteiger charge is -2.30. The summed E-state index contributed by atoms with van der Waals surface area (Å²) in [7, 11) is -3.59. The van der Waals surface area contributed by atoms with E-state index in [4.69, 9.17) is 0 Å². The Kier molecular flexibility index (Phi) is 6.80. The maximum absolute atomic E-state index is 13.7. The normalized spacial score (nSPS) is 19.1. The Bertz CT molecular complexity index is 1350. The van der Waals surface area contributed by atoms with Gasteiger partial charge in [-0.25, -0.2) is 8.42 Å². The molecule has 2 amide bonds. The standard InChI is InChI=1S/C25H24BrN3O4S2/c26-18-8-11-21-20(15-18)24(22-5-4-14-34-22)29(16-23(30)27-21)25(31)17-6-9-19(10-7-17)35(32,33)28-12-2-1-3-13-28/h4-11,14-15,24H,1-3,12-13,16H2,(H,27,30). The Hall–Kier alpha value is -2.53. The molecule has 182 valence electrons. The minimum Gasteiger partial charge on any atom is -0.324 e. The maximum atomic E-state index is 13.7. The molecule has 2 aliphatic rings. The molecular weight excluding hydrogens is 550 g/mol. The van der Waals surface area contributed by atoms with Gasteiger partial charge in [-0.1, -0.05) is 28.4 Å². The van der Waals surface area contributed by atoms with Crippen LogP contribution in [0.4, 0.5) is 5.69 Å². The van der Waals surface area contributed by atoms with E-state index in [1.54, 1.807) is 4.90 Å². The molecule has 2 aliphatic heterocycles. The molecule has 0 radical (unpaired) electrons. The quantitative estimate of drug-likeness (QED) is 0.482. The van der Waals surface area contributed by atoms with Crippen molar-refractivity contribution in [3.05, 3.63) is 80.5 Å². The van der Waals surface area contributed by atoms with E-state index < -0.39 is 16.1 Å². The van der Waals surface area contributed by atoms with Crippen molar-refractivity contribution < 1.29 is 18.0 Å². The number of nitrogens with zero attached hydrogens (tertiary/aromatic N) is 2. The molecule has 0 spiro atoms. The van der Waals surface area contributed by atoms with Gasteiger partial charge in [0.05, 0.1) is 10.9 Å². The molecule has 10 heteroatoms. The smallest absolute Gasteiger partial charge is 0.255 e. The third-order valence-corrected chi connectivity index (χ3v) is 9.67. The molecule has 1 N–H and O–H groups in total. The number of fused-ring (bicyclic) bond motifs is 1. The summed E-state index contributed by atoms with van der Waals surface area (Å²) in [6, 6.07) is 15.0. The zero-order valence-electron chi connectivity index (χ0n) is 18.8. The van der Waals surface area contributed by atoms with Crippen molar-refractivity contribution in [1.29, 1.82) is 0 Å². The molecular formula is C25H24BrN3O4S2. The highest BCUT2D eigenvalue weighted by Crippen LogP contribution is 2.39. The van der Waals surface area contributed by atoms with Crippen molar-refractivity contribution in [2.24, 2.45) is 0 Å². The first-order valence-electron chi connectivity index (χ1n) is 11.4. The number of rotatable bonds is 4. The topological polar surface area (TPSA) is 86.8 Å². The predicted molar refractivity (Wildman–Crippen MR) is 139 cm³/mol. The second-order valence-electron chi connectivity index (χ2n) is 8.62. The predicted octanol–water partition coefficient (Wildman–Crippen LogP) is 4.87. The monoisotopic (exact) mass is 573 g/mol. The fourth-order valence-electron chi connectivity index (χ4n) is 4.61. The fraction of sp³-hybridized carbons (Fsp3) is 0.280. The number of anilines is 1. The number of carbonyl (C=O) groups excluding carboxylic acids is 2. The molecule has 0 saturated carbocycles. The van der Waals surface area contributed by atoms with E-state index in [2.05, 4.69) is 21.2 Å². The number of thiophene rings is 1. The Morgan fingerprint density at radius 2 is 1.77 bits per heavy atom. The average Bonchev–Trinajstić information content (AvgIpc) is 3.35. The minimum absolute atomic E-state index is 0.123. The van der Waals surface area contributed by atoms with Gasteiger partial charge in [0.2, 0.25) is 15.9 Å². The van der Waals surface area contributed by atoms with E-state index in [0.29, 0.717) is 24.3 Å². The number of hydrogen-bond acceptors (Lipinski definition) is 5. The summed E-state index contributed by atoms with van der Waals surface area (Å²) in [5.41, 5.74) is 1.80. The van der Waals surface area contributed by atoms with Gasteiger partial charge in [-0.3, -0.25) is 9.59 Å². The van der Waals surface area contributed by atoms with Gasteiger partial charge in [-0.2, -0.15) is 4.31 Å². The molecule has 3 heterocycles. The fourth-order valence-corrected chi connectivity index (χ4v) is 7.36. The van der Waals surface area contributed by atoms with Gasteiger partial charge >= 0.3 is 0 Å². The largest absolute Gasteiger partial charge is 0.324 e. The van der Waals surface area contributed by atoms with Crippen LogP contribution < -0.4 is 5.32 Å². The number of carbonyl (C=O) groups is 2. The highest BCUT2D eigenvalue weighted by Gasteiger charge is 2.35. The Balaban J connectivity index is 1.50. The van der Waals surface area contributed by atoms with Crippen molar-refractivity contribution in [3.63, 3.8) is 0 Å². The molecule has 3 aromatic rings. The van der Waals surface area contributed by atoms with Crippen molar-refractivity contribution in [2.45, 2.75) is 30.2 Å². The first-order valence-corrected chi connectivity index (χ1v) is 14.5. The summed E-state index contributed by atoms with van der Waals surface area (Å²) in [4.78, 5) is 29.1. The summed E-state index contributed by atoms with van der Waals surface area (Å²) in [6.45, 7) is 0.911. The number of hydrogen-bond donors (Lipinski definition) is 1. The van der Waals surface area contributed by atoms with E-state index in [0.717, 1.165) is 34.2 Å². The van der Waals surface area contributed by atoms with Crippen LogP contribution in [-0.4, -0.2) is 49.1 Å². The summed E-state index contributed by atoms with van der Waals surface area (Å²) >= 11 is 5.02. The van der Waals surface area contributed by atoms with Crippen LogP contribution in [0.3, 0.4) is 0 Å². The van der Waals surface area contributed by atoms with Crippen molar-refractivity contribution in [2.75, 3.05) is 25.0 Å². The molecule has 1 atom stereocenters. The van der Waals surface area contributed by atoms with Crippen molar-refractivity contribution in [3.8, 4) is 0 Å². The highest BCUT2D eigenvalue weighted by molar-refractivity contribution is 9.10. The third kappa shape index (κ3) is 4.80. The van der Waals surface area contributed by atoms with Crippen LogP contribution in [0.2, 0.25) is 0 Å². The Morgan fingerprint density at radius 1 is 1.03 bits per heavy atom. The van der Waals surface area contributed by atoms with Gasteiger partial charge < -0.3 is 10.2 Å². The van der Waals surface area contributed by atoms with Crippen LogP contribution in [0.5, 0.6) is 0 Å². The van der Waals surface area contributed by atoms with E-state index >= 15 is 0 Å². The minimum atomic E-state index is -3.59. The molecule has 2 aromatic carbocycles. The number of halogens is 1. The molecule has 5 rings (SSSR count). The number of piperidine rings is 1. The second kappa shape index (κ2) is 9.85. The molecule has 35 heavy (non-hydrogen) atoms. The van der Waals surface area contributed by atoms with Gasteiger partial charge in [0.1, 0.15) is 6.54 Å². The summed E-state index contributed by atoms with van der Waals surface area (Å²) in [5.74, 6) is -0.626.